The predicted octanol–water partition coefficient (Wildman–Crippen LogP) is 4.73. The lowest BCUT2D eigenvalue weighted by molar-refractivity contribution is -0.115. The zero-order valence-electron chi connectivity index (χ0n) is 13.8. The number of thiazole rings is 1. The maximum atomic E-state index is 12.2. The molecule has 0 atom stereocenters. The SMILES string of the molecule is Cc1ccnc(Nc2nc(CC(=O)Nc3cccc(Cl)c3C)cs2)c1. The highest BCUT2D eigenvalue weighted by Crippen LogP contribution is 2.24. The number of rotatable bonds is 5. The Labute approximate surface area is 155 Å². The molecule has 0 radical (unpaired) electrons. The Morgan fingerprint density at radius 3 is 2.92 bits per heavy atom. The van der Waals surface area contributed by atoms with Crippen LogP contribution in [-0.2, 0) is 11.2 Å². The Hall–Kier alpha value is -2.44. The van der Waals surface area contributed by atoms with Crippen molar-refractivity contribution in [1.82, 2.24) is 9.97 Å². The van der Waals surface area contributed by atoms with Crippen molar-refractivity contribution in [1.29, 1.82) is 0 Å². The molecule has 0 saturated heterocycles. The van der Waals surface area contributed by atoms with Crippen LogP contribution in [0, 0.1) is 13.8 Å². The lowest BCUT2D eigenvalue weighted by atomic mass is 10.2. The molecule has 2 N–H and O–H groups in total. The van der Waals surface area contributed by atoms with E-state index in [4.69, 9.17) is 11.6 Å². The molecule has 7 heteroatoms. The maximum Gasteiger partial charge on any atom is 0.230 e. The van der Waals surface area contributed by atoms with Gasteiger partial charge in [-0.3, -0.25) is 4.79 Å². The number of nitrogens with zero attached hydrogens (tertiary/aromatic N) is 2. The number of benzene rings is 1. The number of aromatic nitrogens is 2. The first-order valence-corrected chi connectivity index (χ1v) is 8.96. The van der Waals surface area contributed by atoms with Crippen molar-refractivity contribution >= 4 is 45.5 Å². The number of hydrogen-bond acceptors (Lipinski definition) is 5. The van der Waals surface area contributed by atoms with E-state index in [1.165, 1.54) is 11.3 Å². The molecule has 128 valence electrons. The van der Waals surface area contributed by atoms with Crippen molar-refractivity contribution in [3.8, 4) is 0 Å². The fraction of sp³-hybridized carbons (Fsp3) is 0.167. The normalized spacial score (nSPS) is 10.5. The Balaban J connectivity index is 1.63. The minimum atomic E-state index is -0.129. The van der Waals surface area contributed by atoms with Gasteiger partial charge in [0, 0.05) is 22.3 Å². The third-order valence-corrected chi connectivity index (χ3v) is 4.80. The molecule has 3 rings (SSSR count). The minimum absolute atomic E-state index is 0.129. The molecule has 5 nitrogen and oxygen atoms in total. The smallest absolute Gasteiger partial charge is 0.230 e. The number of carbonyl (C=O) groups is 1. The highest BCUT2D eigenvalue weighted by molar-refractivity contribution is 7.13. The van der Waals surface area contributed by atoms with Crippen molar-refractivity contribution in [2.45, 2.75) is 20.3 Å². The first kappa shape index (κ1) is 17.4. The van der Waals surface area contributed by atoms with Gasteiger partial charge in [0.1, 0.15) is 5.82 Å². The molecule has 0 spiro atoms. The van der Waals surface area contributed by atoms with E-state index < -0.39 is 0 Å². The fourth-order valence-corrected chi connectivity index (χ4v) is 3.15. The van der Waals surface area contributed by atoms with Gasteiger partial charge in [0.2, 0.25) is 5.91 Å². The van der Waals surface area contributed by atoms with Crippen molar-refractivity contribution in [2.75, 3.05) is 10.6 Å². The molecule has 0 fully saturated rings. The number of carbonyl (C=O) groups excluding carboxylic acids is 1. The van der Waals surface area contributed by atoms with Crippen LogP contribution in [0.15, 0.2) is 41.9 Å². The third kappa shape index (κ3) is 4.55. The molecule has 1 aromatic carbocycles. The van der Waals surface area contributed by atoms with Crippen LogP contribution >= 0.6 is 22.9 Å². The summed E-state index contributed by atoms with van der Waals surface area (Å²) in [5.74, 6) is 0.607. The minimum Gasteiger partial charge on any atom is -0.325 e. The quantitative estimate of drug-likeness (QED) is 0.679. The second kappa shape index (κ2) is 7.63. The summed E-state index contributed by atoms with van der Waals surface area (Å²) in [6.45, 7) is 3.87. The van der Waals surface area contributed by atoms with Gasteiger partial charge in [-0.15, -0.1) is 11.3 Å². The Kier molecular flexibility index (Phi) is 5.31. The van der Waals surface area contributed by atoms with Gasteiger partial charge in [0.05, 0.1) is 12.1 Å². The van der Waals surface area contributed by atoms with Crippen LogP contribution < -0.4 is 10.6 Å². The average molecular weight is 373 g/mol. The molecule has 0 aliphatic heterocycles. The second-order valence-electron chi connectivity index (χ2n) is 5.62. The van der Waals surface area contributed by atoms with Gasteiger partial charge in [-0.25, -0.2) is 9.97 Å². The predicted molar refractivity (Wildman–Crippen MR) is 103 cm³/mol. The lowest BCUT2D eigenvalue weighted by Crippen LogP contribution is -2.15. The summed E-state index contributed by atoms with van der Waals surface area (Å²) < 4.78 is 0. The summed E-state index contributed by atoms with van der Waals surface area (Å²) in [6.07, 6.45) is 1.94. The van der Waals surface area contributed by atoms with Crippen LogP contribution in [-0.4, -0.2) is 15.9 Å². The summed E-state index contributed by atoms with van der Waals surface area (Å²) in [5.41, 5.74) is 3.39. The Morgan fingerprint density at radius 1 is 1.28 bits per heavy atom. The largest absolute Gasteiger partial charge is 0.325 e. The standard InChI is InChI=1S/C18H17ClN4OS/c1-11-6-7-20-16(8-11)23-18-21-13(10-25-18)9-17(24)22-15-5-3-4-14(19)12(15)2/h3-8,10H,9H2,1-2H3,(H,22,24)(H,20,21,23). The molecule has 3 aromatic rings. The first-order valence-electron chi connectivity index (χ1n) is 7.70. The molecule has 2 aromatic heterocycles. The van der Waals surface area contributed by atoms with Gasteiger partial charge < -0.3 is 10.6 Å². The number of amides is 1. The topological polar surface area (TPSA) is 66.9 Å². The molecule has 0 saturated carbocycles. The fourth-order valence-electron chi connectivity index (χ4n) is 2.26. The van der Waals surface area contributed by atoms with E-state index in [1.807, 2.05) is 43.5 Å². The van der Waals surface area contributed by atoms with E-state index >= 15 is 0 Å². The zero-order chi connectivity index (χ0) is 17.8. The van der Waals surface area contributed by atoms with Crippen molar-refractivity contribution in [3.63, 3.8) is 0 Å². The molecule has 25 heavy (non-hydrogen) atoms. The van der Waals surface area contributed by atoms with Crippen molar-refractivity contribution in [2.24, 2.45) is 0 Å². The van der Waals surface area contributed by atoms with Crippen LogP contribution in [0.1, 0.15) is 16.8 Å². The number of nitrogens with one attached hydrogen (secondary N) is 2. The first-order chi connectivity index (χ1) is 12.0. The average Bonchev–Trinajstić information content (AvgIpc) is 2.98. The summed E-state index contributed by atoms with van der Waals surface area (Å²) in [4.78, 5) is 20.9. The van der Waals surface area contributed by atoms with Gasteiger partial charge in [-0.05, 0) is 49.2 Å². The van der Waals surface area contributed by atoms with E-state index in [0.717, 1.165) is 22.6 Å². The molecule has 0 aliphatic rings. The number of aryl methyl sites for hydroxylation is 1. The number of anilines is 3. The Morgan fingerprint density at radius 2 is 2.12 bits per heavy atom. The van der Waals surface area contributed by atoms with E-state index in [9.17, 15) is 4.79 Å². The van der Waals surface area contributed by atoms with Crippen LogP contribution in [0.5, 0.6) is 0 Å². The van der Waals surface area contributed by atoms with Crippen molar-refractivity contribution in [3.05, 3.63) is 63.8 Å². The monoisotopic (exact) mass is 372 g/mol. The zero-order valence-corrected chi connectivity index (χ0v) is 15.4. The van der Waals surface area contributed by atoms with E-state index in [2.05, 4.69) is 20.6 Å². The molecular formula is C18H17ClN4OS. The molecule has 0 aliphatic carbocycles. The highest BCUT2D eigenvalue weighted by Gasteiger charge is 2.10. The van der Waals surface area contributed by atoms with Crippen molar-refractivity contribution < 1.29 is 4.79 Å². The molecular weight excluding hydrogens is 356 g/mol. The summed E-state index contributed by atoms with van der Waals surface area (Å²) >= 11 is 7.51. The van der Waals surface area contributed by atoms with Gasteiger partial charge in [0.15, 0.2) is 5.13 Å². The third-order valence-electron chi connectivity index (χ3n) is 3.59. The van der Waals surface area contributed by atoms with Gasteiger partial charge in [-0.1, -0.05) is 17.7 Å². The molecule has 0 unspecified atom stereocenters. The Bertz CT molecular complexity index is 910. The van der Waals surface area contributed by atoms with Gasteiger partial charge in [0.25, 0.3) is 0 Å². The van der Waals surface area contributed by atoms with Crippen LogP contribution in [0.2, 0.25) is 5.02 Å². The highest BCUT2D eigenvalue weighted by atomic mass is 35.5. The summed E-state index contributed by atoms with van der Waals surface area (Å²) in [7, 11) is 0. The van der Waals surface area contributed by atoms with E-state index in [-0.39, 0.29) is 12.3 Å². The van der Waals surface area contributed by atoms with Crippen LogP contribution in [0.3, 0.4) is 0 Å². The number of halogens is 1. The second-order valence-corrected chi connectivity index (χ2v) is 6.89. The van der Waals surface area contributed by atoms with Crippen LogP contribution in [0.25, 0.3) is 0 Å². The molecule has 2 heterocycles. The lowest BCUT2D eigenvalue weighted by Gasteiger charge is -2.08. The number of pyridine rings is 1. The van der Waals surface area contributed by atoms with E-state index in [1.54, 1.807) is 12.3 Å². The maximum absolute atomic E-state index is 12.2. The van der Waals surface area contributed by atoms with Gasteiger partial charge >= 0.3 is 0 Å². The summed E-state index contributed by atoms with van der Waals surface area (Å²) in [5, 5.41) is 9.23. The molecule has 0 bridgehead atoms. The summed E-state index contributed by atoms with van der Waals surface area (Å²) in [6, 6.07) is 9.31. The van der Waals surface area contributed by atoms with E-state index in [0.29, 0.717) is 15.8 Å². The number of hydrogen-bond donors (Lipinski definition) is 2. The van der Waals surface area contributed by atoms with Gasteiger partial charge in [-0.2, -0.15) is 0 Å². The molecule has 1 amide bonds. The van der Waals surface area contributed by atoms with Crippen LogP contribution in [0.4, 0.5) is 16.6 Å².